The number of hydrogen-bond donors (Lipinski definition) is 1. The number of carboxylic acids is 1. The standard InChI is InChI=1S/C13H11BrN2O2/c14-9-5-3-8(4-6-9)12-15-11(13(17)18)10-2-1-7-16(10)12/h3-6H,1-2,7H2,(H,17,18). The van der Waals surface area contributed by atoms with Crippen LogP contribution in [0.2, 0.25) is 0 Å². The molecule has 0 atom stereocenters. The second-order valence-electron chi connectivity index (χ2n) is 4.30. The largest absolute Gasteiger partial charge is 0.476 e. The molecule has 2 heterocycles. The van der Waals surface area contributed by atoms with Crippen molar-refractivity contribution in [1.29, 1.82) is 0 Å². The Morgan fingerprint density at radius 3 is 2.72 bits per heavy atom. The molecule has 0 bridgehead atoms. The lowest BCUT2D eigenvalue weighted by Gasteiger charge is -2.03. The lowest BCUT2D eigenvalue weighted by Crippen LogP contribution is -2.00. The molecule has 1 N–H and O–H groups in total. The van der Waals surface area contributed by atoms with Gasteiger partial charge in [-0.25, -0.2) is 9.78 Å². The summed E-state index contributed by atoms with van der Waals surface area (Å²) in [6, 6.07) is 7.77. The Balaban J connectivity index is 2.15. The third-order valence-corrected chi connectivity index (χ3v) is 3.70. The minimum Gasteiger partial charge on any atom is -0.476 e. The van der Waals surface area contributed by atoms with Crippen molar-refractivity contribution in [2.45, 2.75) is 19.4 Å². The van der Waals surface area contributed by atoms with Gasteiger partial charge in [0, 0.05) is 16.6 Å². The van der Waals surface area contributed by atoms with Crippen LogP contribution in [0.15, 0.2) is 28.7 Å². The van der Waals surface area contributed by atoms with Crippen LogP contribution in [-0.2, 0) is 13.0 Å². The number of carbonyl (C=O) groups is 1. The van der Waals surface area contributed by atoms with Gasteiger partial charge in [-0.15, -0.1) is 0 Å². The van der Waals surface area contributed by atoms with Gasteiger partial charge in [0.2, 0.25) is 0 Å². The maximum Gasteiger partial charge on any atom is 0.356 e. The Morgan fingerprint density at radius 2 is 2.06 bits per heavy atom. The van der Waals surface area contributed by atoms with Crippen molar-refractivity contribution in [2.24, 2.45) is 0 Å². The van der Waals surface area contributed by atoms with Crippen LogP contribution in [0, 0.1) is 0 Å². The van der Waals surface area contributed by atoms with E-state index in [9.17, 15) is 9.90 Å². The van der Waals surface area contributed by atoms with E-state index in [1.165, 1.54) is 0 Å². The van der Waals surface area contributed by atoms with E-state index >= 15 is 0 Å². The molecule has 0 spiro atoms. The van der Waals surface area contributed by atoms with Gasteiger partial charge in [-0.2, -0.15) is 0 Å². The van der Waals surface area contributed by atoms with Crippen LogP contribution >= 0.6 is 15.9 Å². The Kier molecular flexibility index (Phi) is 2.70. The van der Waals surface area contributed by atoms with Crippen LogP contribution in [0.3, 0.4) is 0 Å². The van der Waals surface area contributed by atoms with Crippen LogP contribution in [0.5, 0.6) is 0 Å². The van der Waals surface area contributed by atoms with Gasteiger partial charge in [-0.3, -0.25) is 0 Å². The van der Waals surface area contributed by atoms with Gasteiger partial charge in [0.05, 0.1) is 5.69 Å². The molecule has 0 amide bonds. The minimum atomic E-state index is -0.941. The van der Waals surface area contributed by atoms with Crippen LogP contribution in [0.4, 0.5) is 0 Å². The fourth-order valence-corrected chi connectivity index (χ4v) is 2.64. The molecule has 1 aliphatic heterocycles. The number of rotatable bonds is 2. The third kappa shape index (κ3) is 1.75. The molecule has 0 unspecified atom stereocenters. The predicted molar refractivity (Wildman–Crippen MR) is 70.6 cm³/mol. The first-order valence-corrected chi connectivity index (χ1v) is 6.55. The lowest BCUT2D eigenvalue weighted by atomic mass is 10.2. The lowest BCUT2D eigenvalue weighted by molar-refractivity contribution is 0.0690. The predicted octanol–water partition coefficient (Wildman–Crippen LogP) is 2.96. The first-order chi connectivity index (χ1) is 8.66. The summed E-state index contributed by atoms with van der Waals surface area (Å²) in [6.07, 6.45) is 1.78. The van der Waals surface area contributed by atoms with Gasteiger partial charge in [0.15, 0.2) is 5.69 Å². The number of halogens is 1. The number of carboxylic acid groups (broad SMARTS) is 1. The highest BCUT2D eigenvalue weighted by Crippen LogP contribution is 2.28. The summed E-state index contributed by atoms with van der Waals surface area (Å²) >= 11 is 3.39. The molecule has 0 saturated heterocycles. The van der Waals surface area contributed by atoms with Gasteiger partial charge in [-0.05, 0) is 25.0 Å². The van der Waals surface area contributed by atoms with E-state index in [0.717, 1.165) is 40.9 Å². The molecule has 92 valence electrons. The van der Waals surface area contributed by atoms with E-state index in [1.807, 2.05) is 28.8 Å². The Bertz CT molecular complexity index is 617. The number of aromatic nitrogens is 2. The monoisotopic (exact) mass is 306 g/mol. The normalized spacial score (nSPS) is 13.6. The van der Waals surface area contributed by atoms with Crippen LogP contribution in [0.1, 0.15) is 22.6 Å². The molecule has 4 nitrogen and oxygen atoms in total. The zero-order valence-corrected chi connectivity index (χ0v) is 11.1. The molecule has 1 aliphatic rings. The fourth-order valence-electron chi connectivity index (χ4n) is 2.38. The van der Waals surface area contributed by atoms with Crippen molar-refractivity contribution < 1.29 is 9.90 Å². The van der Waals surface area contributed by atoms with Gasteiger partial charge in [-0.1, -0.05) is 28.1 Å². The Hall–Kier alpha value is -1.62. The van der Waals surface area contributed by atoms with Crippen LogP contribution < -0.4 is 0 Å². The molecule has 1 aromatic heterocycles. The summed E-state index contributed by atoms with van der Waals surface area (Å²) in [7, 11) is 0. The molecule has 2 aromatic rings. The summed E-state index contributed by atoms with van der Waals surface area (Å²) in [6.45, 7) is 0.848. The van der Waals surface area contributed by atoms with E-state index in [0.29, 0.717) is 0 Å². The van der Waals surface area contributed by atoms with E-state index in [4.69, 9.17) is 0 Å². The average Bonchev–Trinajstić information content (AvgIpc) is 2.91. The summed E-state index contributed by atoms with van der Waals surface area (Å²) in [5, 5.41) is 9.17. The van der Waals surface area contributed by atoms with E-state index in [-0.39, 0.29) is 5.69 Å². The van der Waals surface area contributed by atoms with E-state index in [2.05, 4.69) is 20.9 Å². The SMILES string of the molecule is O=C(O)c1nc(-c2ccc(Br)cc2)n2c1CCC2. The number of imidazole rings is 1. The number of fused-ring (bicyclic) bond motifs is 1. The Labute approximate surface area is 112 Å². The topological polar surface area (TPSA) is 55.1 Å². The molecular weight excluding hydrogens is 296 g/mol. The van der Waals surface area contributed by atoms with Gasteiger partial charge >= 0.3 is 5.97 Å². The Morgan fingerprint density at radius 1 is 1.33 bits per heavy atom. The molecule has 3 rings (SSSR count). The highest BCUT2D eigenvalue weighted by molar-refractivity contribution is 9.10. The molecule has 1 aromatic carbocycles. The zero-order valence-electron chi connectivity index (χ0n) is 9.56. The van der Waals surface area contributed by atoms with Gasteiger partial charge in [0.1, 0.15) is 5.82 Å². The van der Waals surface area contributed by atoms with E-state index < -0.39 is 5.97 Å². The first kappa shape index (κ1) is 11.5. The average molecular weight is 307 g/mol. The second kappa shape index (κ2) is 4.24. The molecule has 0 saturated carbocycles. The maximum atomic E-state index is 11.2. The highest BCUT2D eigenvalue weighted by Gasteiger charge is 2.25. The van der Waals surface area contributed by atoms with Crippen LogP contribution in [0.25, 0.3) is 11.4 Å². The third-order valence-electron chi connectivity index (χ3n) is 3.17. The van der Waals surface area contributed by atoms with Crippen molar-refractivity contribution >= 4 is 21.9 Å². The molecule has 0 aliphatic carbocycles. The molecule has 0 fully saturated rings. The van der Waals surface area contributed by atoms with Crippen molar-refractivity contribution in [2.75, 3.05) is 0 Å². The number of aromatic carboxylic acids is 1. The van der Waals surface area contributed by atoms with Crippen molar-refractivity contribution in [3.05, 3.63) is 40.1 Å². The summed E-state index contributed by atoms with van der Waals surface area (Å²) in [5.74, 6) is -0.184. The maximum absolute atomic E-state index is 11.2. The quantitative estimate of drug-likeness (QED) is 0.928. The highest BCUT2D eigenvalue weighted by atomic mass is 79.9. The molecule has 18 heavy (non-hydrogen) atoms. The first-order valence-electron chi connectivity index (χ1n) is 5.75. The molecule has 0 radical (unpaired) electrons. The summed E-state index contributed by atoms with van der Waals surface area (Å²) in [4.78, 5) is 15.5. The fraction of sp³-hybridized carbons (Fsp3) is 0.231. The number of benzene rings is 1. The number of hydrogen-bond acceptors (Lipinski definition) is 2. The summed E-state index contributed by atoms with van der Waals surface area (Å²) in [5.41, 5.74) is 2.00. The van der Waals surface area contributed by atoms with Crippen molar-refractivity contribution in [3.8, 4) is 11.4 Å². The van der Waals surface area contributed by atoms with Crippen molar-refractivity contribution in [3.63, 3.8) is 0 Å². The van der Waals surface area contributed by atoms with Crippen molar-refractivity contribution in [1.82, 2.24) is 9.55 Å². The smallest absolute Gasteiger partial charge is 0.356 e. The number of nitrogens with zero attached hydrogens (tertiary/aromatic N) is 2. The van der Waals surface area contributed by atoms with Gasteiger partial charge in [0.25, 0.3) is 0 Å². The van der Waals surface area contributed by atoms with Gasteiger partial charge < -0.3 is 9.67 Å². The molecule has 5 heteroatoms. The summed E-state index contributed by atoms with van der Waals surface area (Å²) < 4.78 is 3.02. The minimum absolute atomic E-state index is 0.199. The molecular formula is C13H11BrN2O2. The zero-order chi connectivity index (χ0) is 12.7. The van der Waals surface area contributed by atoms with E-state index in [1.54, 1.807) is 0 Å². The second-order valence-corrected chi connectivity index (χ2v) is 5.21. The van der Waals surface area contributed by atoms with Crippen LogP contribution in [-0.4, -0.2) is 20.6 Å².